The zero-order chi connectivity index (χ0) is 28.7. The molecule has 2 aromatic rings. The summed E-state index contributed by atoms with van der Waals surface area (Å²) in [5.74, 6) is -2.00. The molecule has 1 amide bonds. The summed E-state index contributed by atoms with van der Waals surface area (Å²) in [4.78, 5) is 20.0. The van der Waals surface area contributed by atoms with Crippen LogP contribution in [0.15, 0.2) is 36.5 Å². The zero-order valence-electron chi connectivity index (χ0n) is 25.0. The minimum absolute atomic E-state index is 0.113. The zero-order valence-corrected chi connectivity index (χ0v) is 23.0. The number of amides is 1. The Hall–Kier alpha value is -2.28. The topological polar surface area (TPSA) is 50.2 Å². The summed E-state index contributed by atoms with van der Waals surface area (Å²) in [5.41, 5.74) is 2.08. The first-order valence-electron chi connectivity index (χ1n) is 15.5. The third-order valence-electron chi connectivity index (χ3n) is 9.00. The van der Waals surface area contributed by atoms with Crippen LogP contribution in [-0.4, -0.2) is 44.9 Å². The van der Waals surface area contributed by atoms with E-state index in [9.17, 15) is 16.3 Å². The predicted molar refractivity (Wildman–Crippen MR) is 146 cm³/mol. The normalized spacial score (nSPS) is 28.0. The number of nitrogens with one attached hydrogen (secondary N) is 1. The molecule has 38 heavy (non-hydrogen) atoms. The van der Waals surface area contributed by atoms with Crippen LogP contribution >= 0.6 is 0 Å². The SMILES string of the molecule is [2H]C([2H])(C[C@H](NC(=O)C1CCC(F)(F)CC1)c1ccccc1)N1C2CCCC1CC(n1c(C(C)C)cnc1C)C2. The van der Waals surface area contributed by atoms with Crippen LogP contribution in [0, 0.1) is 12.8 Å². The van der Waals surface area contributed by atoms with Crippen molar-refractivity contribution in [3.63, 3.8) is 0 Å². The molecule has 1 N–H and O–H groups in total. The van der Waals surface area contributed by atoms with Crippen molar-refractivity contribution in [3.8, 4) is 0 Å². The Labute approximate surface area is 229 Å². The lowest BCUT2D eigenvalue weighted by Crippen LogP contribution is -2.53. The summed E-state index contributed by atoms with van der Waals surface area (Å²) < 4.78 is 48.5. The number of aromatic nitrogens is 2. The van der Waals surface area contributed by atoms with Crippen molar-refractivity contribution in [1.29, 1.82) is 0 Å². The van der Waals surface area contributed by atoms with E-state index >= 15 is 0 Å². The number of hydrogen-bond donors (Lipinski definition) is 1. The van der Waals surface area contributed by atoms with Gasteiger partial charge >= 0.3 is 0 Å². The molecule has 1 aromatic heterocycles. The summed E-state index contributed by atoms with van der Waals surface area (Å²) in [7, 11) is 0. The van der Waals surface area contributed by atoms with E-state index in [0.29, 0.717) is 12.0 Å². The van der Waals surface area contributed by atoms with Gasteiger partial charge in [-0.25, -0.2) is 13.8 Å². The second-order valence-electron chi connectivity index (χ2n) is 12.0. The van der Waals surface area contributed by atoms with Crippen LogP contribution < -0.4 is 5.32 Å². The number of carbonyl (C=O) groups is 1. The number of carbonyl (C=O) groups excluding carboxylic acids is 1. The summed E-state index contributed by atoms with van der Waals surface area (Å²) >= 11 is 0. The van der Waals surface area contributed by atoms with Crippen molar-refractivity contribution in [3.05, 3.63) is 53.6 Å². The van der Waals surface area contributed by atoms with Crippen LogP contribution in [0.4, 0.5) is 8.78 Å². The average molecular weight is 529 g/mol. The third kappa shape index (κ3) is 5.98. The molecule has 5 rings (SSSR count). The minimum atomic E-state index is -2.69. The number of piperidine rings is 2. The molecular weight excluding hydrogens is 482 g/mol. The molecule has 1 aliphatic carbocycles. The van der Waals surface area contributed by atoms with Gasteiger partial charge in [0.2, 0.25) is 11.8 Å². The van der Waals surface area contributed by atoms with Gasteiger partial charge in [-0.05, 0) is 63.4 Å². The van der Waals surface area contributed by atoms with E-state index in [2.05, 4.69) is 40.5 Å². The van der Waals surface area contributed by atoms with E-state index in [-0.39, 0.29) is 50.1 Å². The Morgan fingerprint density at radius 1 is 1.11 bits per heavy atom. The summed E-state index contributed by atoms with van der Waals surface area (Å²) in [6, 6.07) is 9.51. The van der Waals surface area contributed by atoms with Gasteiger partial charge in [0.25, 0.3) is 0 Å². The minimum Gasteiger partial charge on any atom is -0.349 e. The van der Waals surface area contributed by atoms with Crippen LogP contribution in [0.25, 0.3) is 0 Å². The number of fused-ring (bicyclic) bond motifs is 2. The largest absolute Gasteiger partial charge is 0.349 e. The molecule has 3 atom stereocenters. The van der Waals surface area contributed by atoms with E-state index < -0.39 is 24.4 Å². The lowest BCUT2D eigenvalue weighted by atomic mass is 9.81. The second-order valence-corrected chi connectivity index (χ2v) is 12.0. The highest BCUT2D eigenvalue weighted by Gasteiger charge is 2.41. The van der Waals surface area contributed by atoms with Crippen molar-refractivity contribution in [2.45, 2.75) is 121 Å². The third-order valence-corrected chi connectivity index (χ3v) is 9.00. The Bertz CT molecular complexity index is 1150. The molecule has 3 aliphatic rings. The molecule has 3 heterocycles. The molecule has 2 aliphatic heterocycles. The van der Waals surface area contributed by atoms with Gasteiger partial charge in [0.15, 0.2) is 0 Å². The predicted octanol–water partition coefficient (Wildman–Crippen LogP) is 6.95. The van der Waals surface area contributed by atoms with E-state index in [1.54, 1.807) is 0 Å². The molecule has 0 spiro atoms. The molecule has 208 valence electrons. The van der Waals surface area contributed by atoms with Gasteiger partial charge in [-0.1, -0.05) is 50.6 Å². The second kappa shape index (κ2) is 11.4. The molecule has 2 bridgehead atoms. The number of halogens is 2. The van der Waals surface area contributed by atoms with Crippen LogP contribution in [0.3, 0.4) is 0 Å². The van der Waals surface area contributed by atoms with Gasteiger partial charge in [-0.15, -0.1) is 0 Å². The molecule has 7 heteroatoms. The maximum atomic E-state index is 13.7. The molecule has 5 nitrogen and oxygen atoms in total. The number of hydrogen-bond acceptors (Lipinski definition) is 3. The van der Waals surface area contributed by atoms with E-state index in [0.717, 1.165) is 43.5 Å². The fourth-order valence-corrected chi connectivity index (χ4v) is 6.92. The highest BCUT2D eigenvalue weighted by Crippen LogP contribution is 2.41. The lowest BCUT2D eigenvalue weighted by Gasteiger charge is -2.50. The van der Waals surface area contributed by atoms with Crippen molar-refractivity contribution in [1.82, 2.24) is 19.8 Å². The number of nitrogens with zero attached hydrogens (tertiary/aromatic N) is 3. The Balaban J connectivity index is 1.34. The fraction of sp³-hybridized carbons (Fsp3) is 0.677. The Morgan fingerprint density at radius 3 is 2.39 bits per heavy atom. The maximum Gasteiger partial charge on any atom is 0.248 e. The van der Waals surface area contributed by atoms with Gasteiger partial charge in [0, 0.05) is 58.0 Å². The first-order chi connectivity index (χ1) is 18.9. The smallest absolute Gasteiger partial charge is 0.248 e. The van der Waals surface area contributed by atoms with Crippen LogP contribution in [0.5, 0.6) is 0 Å². The molecule has 1 aromatic carbocycles. The number of imidazole rings is 1. The van der Waals surface area contributed by atoms with Crippen LogP contribution in [0.2, 0.25) is 0 Å². The van der Waals surface area contributed by atoms with Crippen molar-refractivity contribution >= 4 is 5.91 Å². The van der Waals surface area contributed by atoms with Crippen LogP contribution in [0.1, 0.15) is 116 Å². The molecule has 2 saturated heterocycles. The number of alkyl halides is 2. The molecule has 3 fully saturated rings. The van der Waals surface area contributed by atoms with Gasteiger partial charge < -0.3 is 9.88 Å². The quantitative estimate of drug-likeness (QED) is 0.404. The number of benzene rings is 1. The summed E-state index contributed by atoms with van der Waals surface area (Å²) in [6.45, 7) is 4.81. The van der Waals surface area contributed by atoms with E-state index in [1.165, 1.54) is 5.69 Å². The van der Waals surface area contributed by atoms with Crippen molar-refractivity contribution < 1.29 is 16.3 Å². The van der Waals surface area contributed by atoms with Gasteiger partial charge in [-0.2, -0.15) is 0 Å². The first-order valence-corrected chi connectivity index (χ1v) is 14.5. The molecular formula is C31H44F2N4O. The molecule has 2 unspecified atom stereocenters. The Kier molecular flexibility index (Phi) is 7.45. The summed E-state index contributed by atoms with van der Waals surface area (Å²) in [5, 5.41) is 3.09. The molecule has 1 saturated carbocycles. The highest BCUT2D eigenvalue weighted by atomic mass is 19.3. The van der Waals surface area contributed by atoms with Crippen molar-refractivity contribution in [2.75, 3.05) is 6.50 Å². The highest BCUT2D eigenvalue weighted by molar-refractivity contribution is 5.79. The standard InChI is InChI=1S/C31H44F2N4O/c1-21(2)29-20-34-22(3)37(29)27-18-25-10-7-11-26(19-27)36(25)17-14-28(23-8-5-4-6-9-23)35-30(38)24-12-15-31(32,33)16-13-24/h4-6,8-9,20-21,24-28H,7,10-19H2,1-3H3,(H,35,38)/t25?,26?,27?,28-/m0/s1/i17D2. The number of aryl methyl sites for hydroxylation is 1. The van der Waals surface area contributed by atoms with Gasteiger partial charge in [0.05, 0.1) is 6.04 Å². The first kappa shape index (κ1) is 24.7. The number of rotatable bonds is 8. The van der Waals surface area contributed by atoms with Crippen molar-refractivity contribution in [2.24, 2.45) is 5.92 Å². The average Bonchev–Trinajstić information content (AvgIpc) is 3.29. The molecule has 0 radical (unpaired) electrons. The Morgan fingerprint density at radius 2 is 1.76 bits per heavy atom. The van der Waals surface area contributed by atoms with Gasteiger partial charge in [-0.3, -0.25) is 9.69 Å². The monoisotopic (exact) mass is 528 g/mol. The maximum absolute atomic E-state index is 13.7. The van der Waals surface area contributed by atoms with E-state index in [1.807, 2.05) is 36.5 Å². The summed E-state index contributed by atoms with van der Waals surface area (Å²) in [6.07, 6.45) is 6.66. The fourth-order valence-electron chi connectivity index (χ4n) is 6.92. The lowest BCUT2D eigenvalue weighted by molar-refractivity contribution is -0.130. The van der Waals surface area contributed by atoms with Gasteiger partial charge in [0.1, 0.15) is 5.82 Å². The van der Waals surface area contributed by atoms with Crippen LogP contribution in [-0.2, 0) is 4.79 Å². The van der Waals surface area contributed by atoms with E-state index in [4.69, 9.17) is 0 Å².